The van der Waals surface area contributed by atoms with Gasteiger partial charge in [-0.15, -0.1) is 0 Å². The van der Waals surface area contributed by atoms with Crippen molar-refractivity contribution in [1.29, 1.82) is 0 Å². The molecular weight excluding hydrogens is 246 g/mol. The number of benzene rings is 2. The highest BCUT2D eigenvalue weighted by Crippen LogP contribution is 2.26. The average molecular weight is 267 g/mol. The van der Waals surface area contributed by atoms with Crippen LogP contribution in [0.5, 0.6) is 5.75 Å². The minimum atomic E-state index is 0.579. The molecule has 0 bridgehead atoms. The number of hydrogen-bond donors (Lipinski definition) is 1. The molecule has 1 atom stereocenters. The lowest BCUT2D eigenvalue weighted by Gasteiger charge is -2.14. The van der Waals surface area contributed by atoms with E-state index in [1.54, 1.807) is 0 Å². The molecule has 2 aromatic carbocycles. The Labute approximate surface area is 120 Å². The average Bonchev–Trinajstić information content (AvgIpc) is 2.68. The third-order valence-corrected chi connectivity index (χ3v) is 3.92. The summed E-state index contributed by atoms with van der Waals surface area (Å²) in [5, 5.41) is 3.48. The van der Waals surface area contributed by atoms with Gasteiger partial charge in [0.25, 0.3) is 0 Å². The van der Waals surface area contributed by atoms with Gasteiger partial charge in [0, 0.05) is 6.54 Å². The molecule has 3 rings (SSSR count). The predicted molar refractivity (Wildman–Crippen MR) is 82.2 cm³/mol. The summed E-state index contributed by atoms with van der Waals surface area (Å²) in [4.78, 5) is 0. The standard InChI is InChI=1S/C18H21NO/c1-14-12-19-10-9-16-11-17(7-8-18(14)16)20-13-15-5-3-2-4-6-15/h2-8,11,14,19H,9-10,12-13H2,1H3/t14-/m0/s1. The fourth-order valence-electron chi connectivity index (χ4n) is 2.76. The molecule has 1 aliphatic heterocycles. The minimum Gasteiger partial charge on any atom is -0.489 e. The van der Waals surface area contributed by atoms with E-state index in [-0.39, 0.29) is 0 Å². The smallest absolute Gasteiger partial charge is 0.120 e. The topological polar surface area (TPSA) is 21.3 Å². The van der Waals surface area contributed by atoms with Crippen molar-refractivity contribution in [3.8, 4) is 5.75 Å². The first-order chi connectivity index (χ1) is 9.83. The molecule has 2 nitrogen and oxygen atoms in total. The maximum Gasteiger partial charge on any atom is 0.120 e. The lowest BCUT2D eigenvalue weighted by molar-refractivity contribution is 0.306. The molecule has 0 unspecified atom stereocenters. The minimum absolute atomic E-state index is 0.579. The van der Waals surface area contributed by atoms with Crippen molar-refractivity contribution in [2.24, 2.45) is 0 Å². The Hall–Kier alpha value is -1.80. The van der Waals surface area contributed by atoms with Gasteiger partial charge in [-0.3, -0.25) is 0 Å². The van der Waals surface area contributed by atoms with E-state index in [2.05, 4.69) is 42.6 Å². The fraction of sp³-hybridized carbons (Fsp3) is 0.333. The number of fused-ring (bicyclic) bond motifs is 1. The van der Waals surface area contributed by atoms with Gasteiger partial charge in [0.15, 0.2) is 0 Å². The van der Waals surface area contributed by atoms with Crippen LogP contribution in [0.25, 0.3) is 0 Å². The van der Waals surface area contributed by atoms with Crippen LogP contribution in [0.3, 0.4) is 0 Å². The van der Waals surface area contributed by atoms with E-state index in [0.717, 1.165) is 25.3 Å². The van der Waals surface area contributed by atoms with Crippen LogP contribution in [0.4, 0.5) is 0 Å². The number of nitrogens with one attached hydrogen (secondary N) is 1. The molecule has 2 aromatic rings. The van der Waals surface area contributed by atoms with Gasteiger partial charge in [-0.2, -0.15) is 0 Å². The highest BCUT2D eigenvalue weighted by Gasteiger charge is 2.14. The largest absolute Gasteiger partial charge is 0.489 e. The molecule has 0 radical (unpaired) electrons. The number of rotatable bonds is 3. The molecule has 1 heterocycles. The Balaban J connectivity index is 1.73. The van der Waals surface area contributed by atoms with Gasteiger partial charge in [-0.25, -0.2) is 0 Å². The van der Waals surface area contributed by atoms with E-state index in [1.165, 1.54) is 16.7 Å². The molecule has 104 valence electrons. The second-order valence-electron chi connectivity index (χ2n) is 5.49. The van der Waals surface area contributed by atoms with Gasteiger partial charge in [0.2, 0.25) is 0 Å². The van der Waals surface area contributed by atoms with Gasteiger partial charge in [-0.05, 0) is 47.7 Å². The molecular formula is C18H21NO. The fourth-order valence-corrected chi connectivity index (χ4v) is 2.76. The summed E-state index contributed by atoms with van der Waals surface area (Å²) < 4.78 is 5.91. The molecule has 0 saturated carbocycles. The maximum absolute atomic E-state index is 5.91. The molecule has 0 spiro atoms. The summed E-state index contributed by atoms with van der Waals surface area (Å²) in [6.07, 6.45) is 1.09. The lowest BCUT2D eigenvalue weighted by Crippen LogP contribution is -2.18. The van der Waals surface area contributed by atoms with Gasteiger partial charge < -0.3 is 10.1 Å². The number of hydrogen-bond acceptors (Lipinski definition) is 2. The van der Waals surface area contributed by atoms with E-state index >= 15 is 0 Å². The Bertz CT molecular complexity index is 565. The normalized spacial score (nSPS) is 18.1. The van der Waals surface area contributed by atoms with E-state index in [9.17, 15) is 0 Å². The second-order valence-corrected chi connectivity index (χ2v) is 5.49. The van der Waals surface area contributed by atoms with Crippen molar-refractivity contribution in [2.45, 2.75) is 25.9 Å². The molecule has 0 aliphatic carbocycles. The van der Waals surface area contributed by atoms with Gasteiger partial charge >= 0.3 is 0 Å². The van der Waals surface area contributed by atoms with Crippen LogP contribution in [0, 0.1) is 0 Å². The summed E-state index contributed by atoms with van der Waals surface area (Å²) in [5.41, 5.74) is 4.09. The molecule has 1 aliphatic rings. The van der Waals surface area contributed by atoms with Crippen molar-refractivity contribution < 1.29 is 4.74 Å². The highest BCUT2D eigenvalue weighted by molar-refractivity contribution is 5.38. The Kier molecular flexibility index (Phi) is 4.03. The van der Waals surface area contributed by atoms with Crippen molar-refractivity contribution in [3.63, 3.8) is 0 Å². The Morgan fingerprint density at radius 1 is 1.15 bits per heavy atom. The summed E-state index contributed by atoms with van der Waals surface area (Å²) in [6.45, 7) is 5.03. The Morgan fingerprint density at radius 3 is 2.85 bits per heavy atom. The first-order valence-corrected chi connectivity index (χ1v) is 7.33. The maximum atomic E-state index is 5.91. The van der Waals surface area contributed by atoms with E-state index < -0.39 is 0 Å². The van der Waals surface area contributed by atoms with E-state index in [0.29, 0.717) is 12.5 Å². The summed E-state index contributed by atoms with van der Waals surface area (Å²) in [7, 11) is 0. The zero-order chi connectivity index (χ0) is 13.8. The van der Waals surface area contributed by atoms with Crippen LogP contribution in [0.15, 0.2) is 48.5 Å². The first kappa shape index (κ1) is 13.2. The molecule has 0 amide bonds. The zero-order valence-corrected chi connectivity index (χ0v) is 11.9. The monoisotopic (exact) mass is 267 g/mol. The second kappa shape index (κ2) is 6.10. The van der Waals surface area contributed by atoms with Crippen molar-refractivity contribution in [3.05, 3.63) is 65.2 Å². The summed E-state index contributed by atoms with van der Waals surface area (Å²) in [6, 6.07) is 16.8. The molecule has 0 fully saturated rings. The van der Waals surface area contributed by atoms with Crippen molar-refractivity contribution >= 4 is 0 Å². The molecule has 2 heteroatoms. The van der Waals surface area contributed by atoms with Crippen LogP contribution in [0.2, 0.25) is 0 Å². The third kappa shape index (κ3) is 3.02. The summed E-state index contributed by atoms with van der Waals surface area (Å²) in [5.74, 6) is 1.55. The third-order valence-electron chi connectivity index (χ3n) is 3.92. The highest BCUT2D eigenvalue weighted by atomic mass is 16.5. The zero-order valence-electron chi connectivity index (χ0n) is 11.9. The van der Waals surface area contributed by atoms with Crippen molar-refractivity contribution in [1.82, 2.24) is 5.32 Å². The number of ether oxygens (including phenoxy) is 1. The van der Waals surface area contributed by atoms with Crippen LogP contribution in [-0.2, 0) is 13.0 Å². The van der Waals surface area contributed by atoms with Gasteiger partial charge in [0.1, 0.15) is 12.4 Å². The van der Waals surface area contributed by atoms with Crippen LogP contribution < -0.4 is 10.1 Å². The van der Waals surface area contributed by atoms with Crippen LogP contribution in [-0.4, -0.2) is 13.1 Å². The van der Waals surface area contributed by atoms with Gasteiger partial charge in [0.05, 0.1) is 0 Å². The summed E-state index contributed by atoms with van der Waals surface area (Å²) >= 11 is 0. The molecule has 20 heavy (non-hydrogen) atoms. The molecule has 0 aromatic heterocycles. The lowest BCUT2D eigenvalue weighted by atomic mass is 9.95. The van der Waals surface area contributed by atoms with E-state index in [4.69, 9.17) is 4.74 Å². The predicted octanol–water partition coefficient (Wildman–Crippen LogP) is 3.51. The van der Waals surface area contributed by atoms with Crippen molar-refractivity contribution in [2.75, 3.05) is 13.1 Å². The van der Waals surface area contributed by atoms with E-state index in [1.807, 2.05) is 18.2 Å². The Morgan fingerprint density at radius 2 is 2.00 bits per heavy atom. The van der Waals surface area contributed by atoms with Crippen LogP contribution in [0.1, 0.15) is 29.5 Å². The van der Waals surface area contributed by atoms with Gasteiger partial charge in [-0.1, -0.05) is 43.3 Å². The molecule has 0 saturated heterocycles. The molecule has 1 N–H and O–H groups in total. The quantitative estimate of drug-likeness (QED) is 0.918. The first-order valence-electron chi connectivity index (χ1n) is 7.33. The van der Waals surface area contributed by atoms with Crippen LogP contribution >= 0.6 is 0 Å². The SMILES string of the molecule is C[C@H]1CNCCc2cc(OCc3ccccc3)ccc21.